The summed E-state index contributed by atoms with van der Waals surface area (Å²) >= 11 is 0. The van der Waals surface area contributed by atoms with Crippen molar-refractivity contribution in [3.05, 3.63) is 29.8 Å². The van der Waals surface area contributed by atoms with Gasteiger partial charge < -0.3 is 15.8 Å². The van der Waals surface area contributed by atoms with Gasteiger partial charge in [-0.2, -0.15) is 0 Å². The van der Waals surface area contributed by atoms with Crippen LogP contribution >= 0.6 is 12.4 Å². The maximum Gasteiger partial charge on any atom is 0.235 e. The van der Waals surface area contributed by atoms with Crippen LogP contribution in [0.1, 0.15) is 24.8 Å². The van der Waals surface area contributed by atoms with Crippen molar-refractivity contribution in [2.75, 3.05) is 18.8 Å². The fourth-order valence-electron chi connectivity index (χ4n) is 4.33. The normalized spacial score (nSPS) is 28.2. The van der Waals surface area contributed by atoms with Gasteiger partial charge in [0.25, 0.3) is 0 Å². The topological polar surface area (TPSA) is 102 Å². The first-order valence-corrected chi connectivity index (χ1v) is 9.16. The lowest BCUT2D eigenvalue weighted by Crippen LogP contribution is -2.37. The van der Waals surface area contributed by atoms with E-state index in [2.05, 4.69) is 5.32 Å². The van der Waals surface area contributed by atoms with Crippen molar-refractivity contribution < 1.29 is 19.1 Å². The number of rotatable bonds is 6. The summed E-state index contributed by atoms with van der Waals surface area (Å²) in [5, 5.41) is 2.84. The highest BCUT2D eigenvalue weighted by molar-refractivity contribution is 6.06. The van der Waals surface area contributed by atoms with Crippen LogP contribution in [0.4, 0.5) is 5.69 Å². The standard InChI is InChI=1S/C19H23N3O4.ClH/c20-12-3-1-11(2-4-12)7-9-21-15(23)8-10-22-18(24)16-13-5-6-14(26-13)17(16)19(22)25;/h1-4,13-14,16-17H,5-10,20H2,(H,21,23);1H. The van der Waals surface area contributed by atoms with Gasteiger partial charge in [0.15, 0.2) is 0 Å². The summed E-state index contributed by atoms with van der Waals surface area (Å²) in [5.41, 5.74) is 7.44. The number of amides is 3. The molecule has 7 nitrogen and oxygen atoms in total. The second-order valence-electron chi connectivity index (χ2n) is 7.26. The molecule has 3 N–H and O–H groups in total. The number of nitrogens with two attached hydrogens (primary N) is 1. The number of imide groups is 1. The quantitative estimate of drug-likeness (QED) is 0.552. The van der Waals surface area contributed by atoms with Gasteiger partial charge in [-0.05, 0) is 37.0 Å². The summed E-state index contributed by atoms with van der Waals surface area (Å²) in [6.07, 6.45) is 2.32. The molecule has 4 atom stereocenters. The molecule has 3 aliphatic rings. The van der Waals surface area contributed by atoms with Crippen LogP contribution in [0.3, 0.4) is 0 Å². The Labute approximate surface area is 164 Å². The van der Waals surface area contributed by atoms with Gasteiger partial charge in [-0.15, -0.1) is 12.4 Å². The van der Waals surface area contributed by atoms with Gasteiger partial charge in [0.2, 0.25) is 17.7 Å². The van der Waals surface area contributed by atoms with E-state index in [-0.39, 0.29) is 67.1 Å². The molecular formula is C19H24ClN3O4. The maximum absolute atomic E-state index is 12.5. The Kier molecular flexibility index (Phi) is 5.72. The van der Waals surface area contributed by atoms with Gasteiger partial charge in [0.05, 0.1) is 24.0 Å². The van der Waals surface area contributed by atoms with Gasteiger partial charge in [0, 0.05) is 25.2 Å². The van der Waals surface area contributed by atoms with Crippen molar-refractivity contribution in [1.29, 1.82) is 0 Å². The van der Waals surface area contributed by atoms with E-state index in [0.717, 1.165) is 18.4 Å². The molecule has 1 aromatic carbocycles. The monoisotopic (exact) mass is 393 g/mol. The van der Waals surface area contributed by atoms with Gasteiger partial charge >= 0.3 is 0 Å². The molecule has 4 rings (SSSR count). The zero-order valence-electron chi connectivity index (χ0n) is 14.9. The van der Waals surface area contributed by atoms with Crippen LogP contribution in [-0.2, 0) is 25.5 Å². The Morgan fingerprint density at radius 1 is 1.11 bits per heavy atom. The Morgan fingerprint density at radius 2 is 1.70 bits per heavy atom. The Bertz CT molecular complexity index is 711. The van der Waals surface area contributed by atoms with E-state index < -0.39 is 0 Å². The predicted octanol–water partition coefficient (Wildman–Crippen LogP) is 0.902. The number of halogens is 1. The lowest BCUT2D eigenvalue weighted by Gasteiger charge is -2.17. The summed E-state index contributed by atoms with van der Waals surface area (Å²) in [4.78, 5) is 38.3. The molecule has 3 fully saturated rings. The van der Waals surface area contributed by atoms with Crippen molar-refractivity contribution in [1.82, 2.24) is 10.2 Å². The van der Waals surface area contributed by atoms with E-state index in [9.17, 15) is 14.4 Å². The number of hydrogen-bond acceptors (Lipinski definition) is 5. The van der Waals surface area contributed by atoms with Crippen LogP contribution in [0.15, 0.2) is 24.3 Å². The molecule has 3 heterocycles. The molecule has 27 heavy (non-hydrogen) atoms. The Hall–Kier alpha value is -2.12. The number of anilines is 1. The molecule has 2 bridgehead atoms. The Balaban J connectivity index is 0.00000210. The number of nitrogens with one attached hydrogen (secondary N) is 1. The smallest absolute Gasteiger partial charge is 0.235 e. The van der Waals surface area contributed by atoms with Crippen molar-refractivity contribution in [3.63, 3.8) is 0 Å². The van der Waals surface area contributed by atoms with Crippen molar-refractivity contribution in [2.45, 2.75) is 37.9 Å². The van der Waals surface area contributed by atoms with E-state index in [4.69, 9.17) is 10.5 Å². The van der Waals surface area contributed by atoms with Crippen LogP contribution in [0, 0.1) is 11.8 Å². The van der Waals surface area contributed by atoms with Crippen molar-refractivity contribution >= 4 is 35.8 Å². The van der Waals surface area contributed by atoms with E-state index in [1.54, 1.807) is 0 Å². The van der Waals surface area contributed by atoms with Crippen molar-refractivity contribution in [2.24, 2.45) is 11.8 Å². The summed E-state index contributed by atoms with van der Waals surface area (Å²) in [6.45, 7) is 0.658. The molecule has 0 aromatic heterocycles. The first kappa shape index (κ1) is 19.6. The molecule has 3 amide bonds. The molecule has 3 saturated heterocycles. The number of benzene rings is 1. The van der Waals surface area contributed by atoms with E-state index in [1.165, 1.54) is 4.90 Å². The maximum atomic E-state index is 12.5. The SMILES string of the molecule is Cl.Nc1ccc(CCNC(=O)CCN2C(=O)C3C4CCC(O4)C3C2=O)cc1. The molecule has 0 saturated carbocycles. The van der Waals surface area contributed by atoms with E-state index in [0.29, 0.717) is 18.7 Å². The Morgan fingerprint density at radius 3 is 2.30 bits per heavy atom. The summed E-state index contributed by atoms with van der Waals surface area (Å²) in [6, 6.07) is 7.52. The van der Waals surface area contributed by atoms with Crippen LogP contribution in [0.2, 0.25) is 0 Å². The predicted molar refractivity (Wildman–Crippen MR) is 101 cm³/mol. The van der Waals surface area contributed by atoms with Crippen molar-refractivity contribution in [3.8, 4) is 0 Å². The molecule has 0 spiro atoms. The lowest BCUT2D eigenvalue weighted by atomic mass is 9.81. The molecule has 3 aliphatic heterocycles. The number of ether oxygens (including phenoxy) is 1. The highest BCUT2D eigenvalue weighted by atomic mass is 35.5. The van der Waals surface area contributed by atoms with E-state index in [1.807, 2.05) is 24.3 Å². The fourth-order valence-corrected chi connectivity index (χ4v) is 4.33. The van der Waals surface area contributed by atoms with Gasteiger partial charge in [-0.3, -0.25) is 19.3 Å². The number of hydrogen-bond donors (Lipinski definition) is 2. The number of likely N-dealkylation sites (tertiary alicyclic amines) is 1. The molecule has 8 heteroatoms. The minimum Gasteiger partial charge on any atom is -0.399 e. The molecule has 4 unspecified atom stereocenters. The zero-order chi connectivity index (χ0) is 18.3. The van der Waals surface area contributed by atoms with Gasteiger partial charge in [0.1, 0.15) is 0 Å². The largest absolute Gasteiger partial charge is 0.399 e. The lowest BCUT2D eigenvalue weighted by molar-refractivity contribution is -0.142. The average Bonchev–Trinajstić information content (AvgIpc) is 3.30. The molecule has 0 aliphatic carbocycles. The highest BCUT2D eigenvalue weighted by Gasteiger charge is 2.62. The second-order valence-corrected chi connectivity index (χ2v) is 7.26. The van der Waals surface area contributed by atoms with Crippen LogP contribution in [0.5, 0.6) is 0 Å². The molecule has 1 aromatic rings. The minimum atomic E-state index is -0.324. The molecule has 146 valence electrons. The number of nitrogen functional groups attached to an aromatic ring is 1. The first-order chi connectivity index (χ1) is 12.5. The highest BCUT2D eigenvalue weighted by Crippen LogP contribution is 2.48. The van der Waals surface area contributed by atoms with Crippen LogP contribution in [0.25, 0.3) is 0 Å². The second kappa shape index (κ2) is 7.86. The number of carbonyl (C=O) groups is 3. The molecule has 0 radical (unpaired) electrons. The summed E-state index contributed by atoms with van der Waals surface area (Å²) < 4.78 is 5.70. The van der Waals surface area contributed by atoms with Crippen LogP contribution < -0.4 is 11.1 Å². The third-order valence-corrected chi connectivity index (χ3v) is 5.65. The zero-order valence-corrected chi connectivity index (χ0v) is 15.7. The van der Waals surface area contributed by atoms with E-state index >= 15 is 0 Å². The minimum absolute atomic E-state index is 0. The van der Waals surface area contributed by atoms with Gasteiger partial charge in [-0.25, -0.2) is 0 Å². The van der Waals surface area contributed by atoms with Gasteiger partial charge in [-0.1, -0.05) is 12.1 Å². The number of fused-ring (bicyclic) bond motifs is 5. The summed E-state index contributed by atoms with van der Waals surface area (Å²) in [5.74, 6) is -1.13. The van der Waals surface area contributed by atoms with Crippen LogP contribution in [-0.4, -0.2) is 47.9 Å². The number of carbonyl (C=O) groups excluding carboxylic acids is 3. The molecular weight excluding hydrogens is 370 g/mol. The third-order valence-electron chi connectivity index (χ3n) is 5.65. The first-order valence-electron chi connectivity index (χ1n) is 9.16. The third kappa shape index (κ3) is 3.66. The summed E-state index contributed by atoms with van der Waals surface area (Å²) in [7, 11) is 0. The average molecular weight is 394 g/mol. The number of nitrogens with zero attached hydrogens (tertiary/aromatic N) is 1. The fraction of sp³-hybridized carbons (Fsp3) is 0.526.